The van der Waals surface area contributed by atoms with E-state index in [0.717, 1.165) is 25.9 Å². The summed E-state index contributed by atoms with van der Waals surface area (Å²) >= 11 is 0. The summed E-state index contributed by atoms with van der Waals surface area (Å²) in [6.07, 6.45) is 2.81. The lowest BCUT2D eigenvalue weighted by Crippen LogP contribution is -2.56. The number of carbonyl (C=O) groups excluding carboxylic acids is 1. The van der Waals surface area contributed by atoms with Crippen LogP contribution < -0.4 is 0 Å². The first-order chi connectivity index (χ1) is 8.82. The van der Waals surface area contributed by atoms with Crippen LogP contribution in [0.15, 0.2) is 0 Å². The summed E-state index contributed by atoms with van der Waals surface area (Å²) < 4.78 is 0. The first-order valence-corrected chi connectivity index (χ1v) is 7.12. The second-order valence-corrected chi connectivity index (χ2v) is 6.56. The van der Waals surface area contributed by atoms with E-state index in [-0.39, 0.29) is 11.4 Å². The molecular formula is C14H24N2O3. The van der Waals surface area contributed by atoms with E-state index in [0.29, 0.717) is 19.4 Å². The highest BCUT2D eigenvalue weighted by molar-refractivity contribution is 5.87. The maximum absolute atomic E-state index is 12.6. The van der Waals surface area contributed by atoms with E-state index in [4.69, 9.17) is 0 Å². The van der Waals surface area contributed by atoms with Gasteiger partial charge in [-0.25, -0.2) is 9.59 Å². The van der Waals surface area contributed by atoms with Gasteiger partial charge >= 0.3 is 12.0 Å². The van der Waals surface area contributed by atoms with Crippen molar-refractivity contribution in [3.8, 4) is 0 Å². The van der Waals surface area contributed by atoms with Crippen molar-refractivity contribution in [2.24, 2.45) is 5.41 Å². The van der Waals surface area contributed by atoms with E-state index in [1.165, 1.54) is 0 Å². The lowest BCUT2D eigenvalue weighted by atomic mass is 9.93. The molecule has 2 fully saturated rings. The summed E-state index contributed by atoms with van der Waals surface area (Å²) in [6, 6.07) is -0.0904. The van der Waals surface area contributed by atoms with Crippen molar-refractivity contribution in [1.29, 1.82) is 0 Å². The zero-order chi connectivity index (χ0) is 14.3. The molecule has 108 valence electrons. The molecule has 5 heteroatoms. The first kappa shape index (κ1) is 14.2. The molecule has 1 atom stereocenters. The van der Waals surface area contributed by atoms with Gasteiger partial charge in [0.15, 0.2) is 0 Å². The number of nitrogens with zero attached hydrogens (tertiary/aromatic N) is 2. The Kier molecular flexibility index (Phi) is 3.49. The van der Waals surface area contributed by atoms with Gasteiger partial charge in [-0.2, -0.15) is 0 Å². The molecule has 2 amide bonds. The SMILES string of the molecule is CCC1(C(=O)O)CCCN1C(=O)N1CCC(C)(C)C1. The second kappa shape index (κ2) is 4.69. The average molecular weight is 268 g/mol. The van der Waals surface area contributed by atoms with Gasteiger partial charge in [0.05, 0.1) is 0 Å². The van der Waals surface area contributed by atoms with Crippen molar-refractivity contribution in [2.75, 3.05) is 19.6 Å². The number of hydrogen-bond acceptors (Lipinski definition) is 2. The van der Waals surface area contributed by atoms with Gasteiger partial charge in [0.2, 0.25) is 0 Å². The third-order valence-electron chi connectivity index (χ3n) is 4.65. The molecule has 1 N–H and O–H groups in total. The molecule has 2 rings (SSSR count). The molecular weight excluding hydrogens is 244 g/mol. The number of urea groups is 1. The molecule has 0 radical (unpaired) electrons. The topological polar surface area (TPSA) is 60.9 Å². The van der Waals surface area contributed by atoms with Crippen LogP contribution in [0.1, 0.15) is 46.5 Å². The minimum Gasteiger partial charge on any atom is -0.479 e. The fourth-order valence-electron chi connectivity index (χ4n) is 3.34. The fraction of sp³-hybridized carbons (Fsp3) is 0.857. The Hall–Kier alpha value is -1.26. The van der Waals surface area contributed by atoms with Crippen LogP contribution in [0.3, 0.4) is 0 Å². The van der Waals surface area contributed by atoms with Crippen molar-refractivity contribution in [2.45, 2.75) is 52.0 Å². The molecule has 1 unspecified atom stereocenters. The number of aliphatic carboxylic acids is 1. The zero-order valence-electron chi connectivity index (χ0n) is 12.1. The lowest BCUT2D eigenvalue weighted by Gasteiger charge is -2.36. The number of amides is 2. The Morgan fingerprint density at radius 2 is 1.89 bits per heavy atom. The monoisotopic (exact) mass is 268 g/mol. The highest BCUT2D eigenvalue weighted by atomic mass is 16.4. The third-order valence-corrected chi connectivity index (χ3v) is 4.65. The number of carbonyl (C=O) groups is 2. The van der Waals surface area contributed by atoms with Crippen LogP contribution in [0.5, 0.6) is 0 Å². The summed E-state index contributed by atoms with van der Waals surface area (Å²) in [6.45, 7) is 8.18. The Morgan fingerprint density at radius 3 is 2.37 bits per heavy atom. The van der Waals surface area contributed by atoms with Gasteiger partial charge in [-0.15, -0.1) is 0 Å². The highest BCUT2D eigenvalue weighted by Crippen LogP contribution is 2.36. The predicted octanol–water partition coefficient (Wildman–Crippen LogP) is 2.17. The molecule has 0 aromatic carbocycles. The van der Waals surface area contributed by atoms with Crippen LogP contribution in [0.4, 0.5) is 4.79 Å². The molecule has 2 aliphatic heterocycles. The number of likely N-dealkylation sites (tertiary alicyclic amines) is 2. The van der Waals surface area contributed by atoms with E-state index < -0.39 is 11.5 Å². The second-order valence-electron chi connectivity index (χ2n) is 6.56. The van der Waals surface area contributed by atoms with Gasteiger partial charge in [-0.05, 0) is 31.1 Å². The number of rotatable bonds is 2. The number of hydrogen-bond donors (Lipinski definition) is 1. The Labute approximate surface area is 114 Å². The quantitative estimate of drug-likeness (QED) is 0.835. The van der Waals surface area contributed by atoms with Gasteiger partial charge in [-0.1, -0.05) is 20.8 Å². The van der Waals surface area contributed by atoms with E-state index in [9.17, 15) is 14.7 Å². The minimum absolute atomic E-state index is 0.0904. The summed E-state index contributed by atoms with van der Waals surface area (Å²) in [5.74, 6) is -0.862. The third kappa shape index (κ3) is 2.30. The highest BCUT2D eigenvalue weighted by Gasteiger charge is 2.50. The van der Waals surface area contributed by atoms with Gasteiger partial charge in [-0.3, -0.25) is 0 Å². The number of carboxylic acids is 1. The Morgan fingerprint density at radius 1 is 1.21 bits per heavy atom. The average Bonchev–Trinajstić information content (AvgIpc) is 2.92. The fourth-order valence-corrected chi connectivity index (χ4v) is 3.34. The van der Waals surface area contributed by atoms with Gasteiger partial charge < -0.3 is 14.9 Å². The molecule has 2 heterocycles. The zero-order valence-corrected chi connectivity index (χ0v) is 12.1. The van der Waals surface area contributed by atoms with Crippen molar-refractivity contribution < 1.29 is 14.7 Å². The summed E-state index contributed by atoms with van der Waals surface area (Å²) in [7, 11) is 0. The van der Waals surface area contributed by atoms with Crippen LogP contribution in [0, 0.1) is 5.41 Å². The molecule has 0 aliphatic carbocycles. The molecule has 2 aliphatic rings. The largest absolute Gasteiger partial charge is 0.479 e. The molecule has 0 saturated carbocycles. The molecule has 19 heavy (non-hydrogen) atoms. The van der Waals surface area contributed by atoms with Gasteiger partial charge in [0, 0.05) is 19.6 Å². The molecule has 0 spiro atoms. The molecule has 0 bridgehead atoms. The summed E-state index contributed by atoms with van der Waals surface area (Å²) in [5.41, 5.74) is -0.836. The van der Waals surface area contributed by atoms with Gasteiger partial charge in [0.25, 0.3) is 0 Å². The van der Waals surface area contributed by atoms with Crippen LogP contribution in [-0.2, 0) is 4.79 Å². The normalized spacial score (nSPS) is 29.8. The Bertz CT molecular complexity index is 394. The molecule has 2 saturated heterocycles. The summed E-state index contributed by atoms with van der Waals surface area (Å²) in [4.78, 5) is 27.6. The van der Waals surface area contributed by atoms with E-state index in [1.807, 2.05) is 11.8 Å². The lowest BCUT2D eigenvalue weighted by molar-refractivity contribution is -0.148. The van der Waals surface area contributed by atoms with Crippen LogP contribution in [0.25, 0.3) is 0 Å². The van der Waals surface area contributed by atoms with Gasteiger partial charge in [0.1, 0.15) is 5.54 Å². The standard InChI is InChI=1S/C14H24N2O3/c1-4-14(11(17)18)6-5-8-16(14)12(19)15-9-7-13(2,3)10-15/h4-10H2,1-3H3,(H,17,18). The number of carboxylic acid groups (broad SMARTS) is 1. The van der Waals surface area contributed by atoms with Crippen molar-refractivity contribution in [3.05, 3.63) is 0 Å². The van der Waals surface area contributed by atoms with E-state index in [2.05, 4.69) is 13.8 Å². The minimum atomic E-state index is -0.982. The maximum Gasteiger partial charge on any atom is 0.329 e. The molecule has 0 aromatic rings. The first-order valence-electron chi connectivity index (χ1n) is 7.12. The Balaban J connectivity index is 2.17. The van der Waals surface area contributed by atoms with E-state index >= 15 is 0 Å². The van der Waals surface area contributed by atoms with Crippen molar-refractivity contribution in [1.82, 2.24) is 9.80 Å². The summed E-state index contributed by atoms with van der Waals surface area (Å²) in [5, 5.41) is 9.52. The van der Waals surface area contributed by atoms with Crippen LogP contribution >= 0.6 is 0 Å². The molecule has 5 nitrogen and oxygen atoms in total. The van der Waals surface area contributed by atoms with Crippen molar-refractivity contribution >= 4 is 12.0 Å². The predicted molar refractivity (Wildman–Crippen MR) is 72.0 cm³/mol. The van der Waals surface area contributed by atoms with Crippen LogP contribution in [0.2, 0.25) is 0 Å². The van der Waals surface area contributed by atoms with Crippen molar-refractivity contribution in [3.63, 3.8) is 0 Å². The van der Waals surface area contributed by atoms with Crippen LogP contribution in [-0.4, -0.2) is 52.1 Å². The molecule has 0 aromatic heterocycles. The van der Waals surface area contributed by atoms with E-state index in [1.54, 1.807) is 4.90 Å². The maximum atomic E-state index is 12.6. The smallest absolute Gasteiger partial charge is 0.329 e.